The summed E-state index contributed by atoms with van der Waals surface area (Å²) < 4.78 is 9.98. The van der Waals surface area contributed by atoms with Gasteiger partial charge in [-0.05, 0) is 0 Å². The summed E-state index contributed by atoms with van der Waals surface area (Å²) in [5.41, 5.74) is 5.54. The highest BCUT2D eigenvalue weighted by Crippen LogP contribution is 2.04. The zero-order chi connectivity index (χ0) is 5.98. The van der Waals surface area contributed by atoms with Crippen LogP contribution in [0.15, 0.2) is 0 Å². The Balaban J connectivity index is 2.30. The normalized spacial score (nSPS) is 38.2. The molecule has 3 heteroatoms. The third-order valence-electron chi connectivity index (χ3n) is 1.37. The van der Waals surface area contributed by atoms with E-state index in [0.717, 1.165) is 0 Å². The smallest absolute Gasteiger partial charge is 0.0977 e. The van der Waals surface area contributed by atoms with Gasteiger partial charge in [0.25, 0.3) is 0 Å². The highest BCUT2D eigenvalue weighted by molar-refractivity contribution is 4.77. The van der Waals surface area contributed by atoms with Crippen LogP contribution in [0.5, 0.6) is 0 Å². The molecule has 1 aliphatic rings. The molecule has 1 rings (SSSR count). The third kappa shape index (κ3) is 0.992. The van der Waals surface area contributed by atoms with Gasteiger partial charge in [0, 0.05) is 7.11 Å². The molecule has 0 spiro atoms. The minimum atomic E-state index is 0.0833. The van der Waals surface area contributed by atoms with Crippen molar-refractivity contribution in [1.82, 2.24) is 0 Å². The molecule has 1 aliphatic heterocycles. The molecule has 0 radical (unpaired) electrons. The number of rotatable bonds is 1. The predicted molar refractivity (Wildman–Crippen MR) is 29.6 cm³/mol. The summed E-state index contributed by atoms with van der Waals surface area (Å²) in [6.07, 6.45) is 0.120. The zero-order valence-corrected chi connectivity index (χ0v) is 4.96. The molecule has 0 bridgehead atoms. The van der Waals surface area contributed by atoms with Gasteiger partial charge in [0.15, 0.2) is 0 Å². The molecule has 8 heavy (non-hydrogen) atoms. The van der Waals surface area contributed by atoms with Gasteiger partial charge in [0.1, 0.15) is 0 Å². The molecule has 0 amide bonds. The summed E-state index contributed by atoms with van der Waals surface area (Å²) in [6, 6.07) is 0.0833. The van der Waals surface area contributed by atoms with E-state index in [4.69, 9.17) is 15.2 Å². The second-order valence-corrected chi connectivity index (χ2v) is 1.98. The van der Waals surface area contributed by atoms with E-state index in [-0.39, 0.29) is 12.1 Å². The first-order valence-electron chi connectivity index (χ1n) is 2.70. The van der Waals surface area contributed by atoms with Gasteiger partial charge in [-0.15, -0.1) is 0 Å². The fourth-order valence-corrected chi connectivity index (χ4v) is 0.794. The molecule has 0 aromatic rings. The Morgan fingerprint density at radius 3 is 2.62 bits per heavy atom. The Hall–Kier alpha value is -0.120. The highest BCUT2D eigenvalue weighted by atomic mass is 16.5. The lowest BCUT2D eigenvalue weighted by Gasteiger charge is -2.08. The Bertz CT molecular complexity index is 76.8. The zero-order valence-electron chi connectivity index (χ0n) is 4.96. The summed E-state index contributed by atoms with van der Waals surface area (Å²) >= 11 is 0. The van der Waals surface area contributed by atoms with Crippen molar-refractivity contribution in [1.29, 1.82) is 0 Å². The average Bonchev–Trinajstić information content (AvgIpc) is 2.14. The SMILES string of the molecule is COC1COCC1N. The van der Waals surface area contributed by atoms with Gasteiger partial charge in [0.2, 0.25) is 0 Å². The van der Waals surface area contributed by atoms with Crippen LogP contribution in [0.2, 0.25) is 0 Å². The Morgan fingerprint density at radius 1 is 1.62 bits per heavy atom. The summed E-state index contributed by atoms with van der Waals surface area (Å²) in [5.74, 6) is 0. The van der Waals surface area contributed by atoms with Crippen molar-refractivity contribution in [2.45, 2.75) is 12.1 Å². The monoisotopic (exact) mass is 117 g/mol. The van der Waals surface area contributed by atoms with E-state index in [0.29, 0.717) is 13.2 Å². The second-order valence-electron chi connectivity index (χ2n) is 1.98. The van der Waals surface area contributed by atoms with Crippen LogP contribution in [0.3, 0.4) is 0 Å². The van der Waals surface area contributed by atoms with Crippen molar-refractivity contribution in [3.63, 3.8) is 0 Å². The lowest BCUT2D eigenvalue weighted by atomic mass is 10.2. The van der Waals surface area contributed by atoms with Crippen LogP contribution >= 0.6 is 0 Å². The lowest BCUT2D eigenvalue weighted by molar-refractivity contribution is 0.0777. The van der Waals surface area contributed by atoms with Gasteiger partial charge >= 0.3 is 0 Å². The van der Waals surface area contributed by atoms with E-state index in [2.05, 4.69) is 0 Å². The van der Waals surface area contributed by atoms with E-state index in [1.54, 1.807) is 7.11 Å². The number of methoxy groups -OCH3 is 1. The topological polar surface area (TPSA) is 44.5 Å². The van der Waals surface area contributed by atoms with Gasteiger partial charge < -0.3 is 15.2 Å². The number of hydrogen-bond donors (Lipinski definition) is 1. The van der Waals surface area contributed by atoms with Crippen molar-refractivity contribution < 1.29 is 9.47 Å². The fraction of sp³-hybridized carbons (Fsp3) is 1.00. The van der Waals surface area contributed by atoms with Crippen LogP contribution in [0.4, 0.5) is 0 Å². The standard InChI is InChI=1S/C5H11NO2/c1-7-5-3-8-2-4(5)6/h4-5H,2-3,6H2,1H3. The van der Waals surface area contributed by atoms with Gasteiger partial charge in [0.05, 0.1) is 25.4 Å². The van der Waals surface area contributed by atoms with Crippen molar-refractivity contribution in [3.8, 4) is 0 Å². The van der Waals surface area contributed by atoms with Crippen LogP contribution in [0, 0.1) is 0 Å². The predicted octanol–water partition coefficient (Wildman–Crippen LogP) is -0.641. The molecule has 0 saturated carbocycles. The first-order chi connectivity index (χ1) is 3.84. The second kappa shape index (κ2) is 2.44. The minimum Gasteiger partial charge on any atom is -0.377 e. The van der Waals surface area contributed by atoms with E-state index in [1.165, 1.54) is 0 Å². The van der Waals surface area contributed by atoms with E-state index in [9.17, 15) is 0 Å². The Labute approximate surface area is 48.8 Å². The van der Waals surface area contributed by atoms with Crippen LogP contribution in [-0.2, 0) is 9.47 Å². The summed E-state index contributed by atoms with van der Waals surface area (Å²) in [7, 11) is 1.65. The molecule has 1 saturated heterocycles. The summed E-state index contributed by atoms with van der Waals surface area (Å²) in [4.78, 5) is 0. The van der Waals surface area contributed by atoms with Gasteiger partial charge in [-0.1, -0.05) is 0 Å². The molecule has 0 aliphatic carbocycles. The van der Waals surface area contributed by atoms with Crippen LogP contribution in [-0.4, -0.2) is 32.5 Å². The molecule has 48 valence electrons. The maximum atomic E-state index is 5.54. The quantitative estimate of drug-likeness (QED) is 0.497. The third-order valence-corrected chi connectivity index (χ3v) is 1.37. The number of ether oxygens (including phenoxy) is 2. The number of nitrogens with two attached hydrogens (primary N) is 1. The van der Waals surface area contributed by atoms with Crippen LogP contribution in [0.1, 0.15) is 0 Å². The average molecular weight is 117 g/mol. The molecule has 1 fully saturated rings. The van der Waals surface area contributed by atoms with E-state index >= 15 is 0 Å². The molecule has 2 unspecified atom stereocenters. The first kappa shape index (κ1) is 6.01. The molecular formula is C5H11NO2. The maximum absolute atomic E-state index is 5.54. The van der Waals surface area contributed by atoms with Crippen molar-refractivity contribution in [2.75, 3.05) is 20.3 Å². The molecular weight excluding hydrogens is 106 g/mol. The summed E-state index contributed by atoms with van der Waals surface area (Å²) in [6.45, 7) is 1.29. The van der Waals surface area contributed by atoms with Crippen molar-refractivity contribution in [3.05, 3.63) is 0 Å². The molecule has 2 N–H and O–H groups in total. The molecule has 2 atom stereocenters. The van der Waals surface area contributed by atoms with Crippen LogP contribution < -0.4 is 5.73 Å². The lowest BCUT2D eigenvalue weighted by Crippen LogP contribution is -2.34. The first-order valence-corrected chi connectivity index (χ1v) is 2.70. The van der Waals surface area contributed by atoms with Gasteiger partial charge in [-0.2, -0.15) is 0 Å². The molecule has 3 nitrogen and oxygen atoms in total. The minimum absolute atomic E-state index is 0.0833. The number of hydrogen-bond acceptors (Lipinski definition) is 3. The molecule has 1 heterocycles. The van der Waals surface area contributed by atoms with Crippen molar-refractivity contribution in [2.24, 2.45) is 5.73 Å². The van der Waals surface area contributed by atoms with E-state index < -0.39 is 0 Å². The highest BCUT2D eigenvalue weighted by Gasteiger charge is 2.23. The molecule has 0 aromatic carbocycles. The van der Waals surface area contributed by atoms with Gasteiger partial charge in [-0.25, -0.2) is 0 Å². The summed E-state index contributed by atoms with van der Waals surface area (Å²) in [5, 5.41) is 0. The van der Waals surface area contributed by atoms with Crippen molar-refractivity contribution >= 4 is 0 Å². The Morgan fingerprint density at radius 2 is 2.38 bits per heavy atom. The molecule has 0 aromatic heterocycles. The fourth-order valence-electron chi connectivity index (χ4n) is 0.794. The Kier molecular flexibility index (Phi) is 1.83. The largest absolute Gasteiger partial charge is 0.377 e. The van der Waals surface area contributed by atoms with Crippen LogP contribution in [0.25, 0.3) is 0 Å². The van der Waals surface area contributed by atoms with E-state index in [1.807, 2.05) is 0 Å². The van der Waals surface area contributed by atoms with Gasteiger partial charge in [-0.3, -0.25) is 0 Å². The maximum Gasteiger partial charge on any atom is 0.0977 e.